The van der Waals surface area contributed by atoms with Crippen LogP contribution in [0.15, 0.2) is 65.6 Å². The number of nitrogens with one attached hydrogen (secondary N) is 2. The maximum atomic E-state index is 12.5. The second kappa shape index (κ2) is 6.59. The zero-order valence-corrected chi connectivity index (χ0v) is 15.8. The molecule has 1 aromatic heterocycles. The van der Waals surface area contributed by atoms with Crippen LogP contribution in [0.2, 0.25) is 10.0 Å². The molecule has 2 N–H and O–H groups in total. The SMILES string of the molecule is O=S(=O)(NCc1ccc2[nH]c3ccccc3c2c1)c1ccc(Cl)cc1Cl. The fraction of sp³-hybridized carbons (Fsp3) is 0.0526. The van der Waals surface area contributed by atoms with Gasteiger partial charge in [-0.3, -0.25) is 0 Å². The van der Waals surface area contributed by atoms with E-state index in [4.69, 9.17) is 23.2 Å². The van der Waals surface area contributed by atoms with Gasteiger partial charge in [-0.2, -0.15) is 0 Å². The number of aromatic nitrogens is 1. The number of para-hydroxylation sites is 1. The molecule has 3 aromatic carbocycles. The van der Waals surface area contributed by atoms with Crippen LogP contribution in [0.5, 0.6) is 0 Å². The number of fused-ring (bicyclic) bond motifs is 3. The standard InChI is InChI=1S/C19H14Cl2N2O2S/c20-13-6-8-19(16(21)10-13)26(24,25)22-11-12-5-7-18-15(9-12)14-3-1-2-4-17(14)23-18/h1-10,22-23H,11H2. The number of sulfonamides is 1. The molecule has 1 heterocycles. The van der Waals surface area contributed by atoms with E-state index in [1.54, 1.807) is 0 Å². The fourth-order valence-electron chi connectivity index (χ4n) is 2.95. The third-order valence-corrected chi connectivity index (χ3v) is 6.34. The predicted molar refractivity (Wildman–Crippen MR) is 106 cm³/mol. The number of H-pyrrole nitrogens is 1. The van der Waals surface area contributed by atoms with Gasteiger partial charge in [0.2, 0.25) is 10.0 Å². The summed E-state index contributed by atoms with van der Waals surface area (Å²) in [5.41, 5.74) is 2.92. The molecule has 0 bridgehead atoms. The Morgan fingerprint density at radius 3 is 2.46 bits per heavy atom. The van der Waals surface area contributed by atoms with Crippen molar-refractivity contribution in [1.82, 2.24) is 9.71 Å². The van der Waals surface area contributed by atoms with Crippen molar-refractivity contribution in [3.8, 4) is 0 Å². The van der Waals surface area contributed by atoms with Crippen LogP contribution in [0.25, 0.3) is 21.8 Å². The van der Waals surface area contributed by atoms with Crippen molar-refractivity contribution in [2.45, 2.75) is 11.4 Å². The molecule has 0 unspecified atom stereocenters. The van der Waals surface area contributed by atoms with Gasteiger partial charge in [0.25, 0.3) is 0 Å². The molecule has 0 saturated carbocycles. The average molecular weight is 405 g/mol. The lowest BCUT2D eigenvalue weighted by Crippen LogP contribution is -2.23. The molecule has 0 aliphatic rings. The van der Waals surface area contributed by atoms with Crippen molar-refractivity contribution in [3.63, 3.8) is 0 Å². The summed E-state index contributed by atoms with van der Waals surface area (Å²) >= 11 is 11.8. The Bertz CT molecular complexity index is 1230. The van der Waals surface area contributed by atoms with Crippen molar-refractivity contribution in [1.29, 1.82) is 0 Å². The van der Waals surface area contributed by atoms with Gasteiger partial charge >= 0.3 is 0 Å². The normalized spacial score (nSPS) is 12.1. The summed E-state index contributed by atoms with van der Waals surface area (Å²) in [5.74, 6) is 0. The topological polar surface area (TPSA) is 62.0 Å². The van der Waals surface area contributed by atoms with Crippen LogP contribution in [-0.4, -0.2) is 13.4 Å². The van der Waals surface area contributed by atoms with Gasteiger partial charge in [0.1, 0.15) is 4.90 Å². The highest BCUT2D eigenvalue weighted by molar-refractivity contribution is 7.89. The minimum absolute atomic E-state index is 0.0109. The van der Waals surface area contributed by atoms with Gasteiger partial charge < -0.3 is 4.98 Å². The van der Waals surface area contributed by atoms with Gasteiger partial charge in [-0.1, -0.05) is 47.5 Å². The number of halogens is 2. The Morgan fingerprint density at radius 2 is 1.65 bits per heavy atom. The largest absolute Gasteiger partial charge is 0.355 e. The van der Waals surface area contributed by atoms with Crippen molar-refractivity contribution in [2.24, 2.45) is 0 Å². The third kappa shape index (κ3) is 3.19. The predicted octanol–water partition coefficient (Wildman–Crippen LogP) is 5.11. The summed E-state index contributed by atoms with van der Waals surface area (Å²) < 4.78 is 27.6. The number of benzene rings is 3. The lowest BCUT2D eigenvalue weighted by Gasteiger charge is -2.09. The van der Waals surface area contributed by atoms with Crippen LogP contribution in [0.1, 0.15) is 5.56 Å². The van der Waals surface area contributed by atoms with Crippen LogP contribution in [0.4, 0.5) is 0 Å². The van der Waals surface area contributed by atoms with E-state index >= 15 is 0 Å². The zero-order valence-electron chi connectivity index (χ0n) is 13.5. The molecule has 0 amide bonds. The quantitative estimate of drug-likeness (QED) is 0.496. The molecule has 0 fully saturated rings. The van der Waals surface area contributed by atoms with E-state index in [0.29, 0.717) is 5.02 Å². The van der Waals surface area contributed by atoms with Crippen molar-refractivity contribution < 1.29 is 8.42 Å². The Morgan fingerprint density at radius 1 is 0.885 bits per heavy atom. The smallest absolute Gasteiger partial charge is 0.242 e. The lowest BCUT2D eigenvalue weighted by molar-refractivity contribution is 0.581. The Balaban J connectivity index is 1.64. The summed E-state index contributed by atoms with van der Waals surface area (Å²) in [4.78, 5) is 3.36. The van der Waals surface area contributed by atoms with E-state index in [2.05, 4.69) is 9.71 Å². The van der Waals surface area contributed by atoms with E-state index in [0.717, 1.165) is 27.4 Å². The Hall–Kier alpha value is -2.05. The maximum Gasteiger partial charge on any atom is 0.242 e. The summed E-state index contributed by atoms with van der Waals surface area (Å²) in [5, 5.41) is 2.64. The zero-order chi connectivity index (χ0) is 18.3. The summed E-state index contributed by atoms with van der Waals surface area (Å²) in [6.45, 7) is 0.163. The molecule has 0 saturated heterocycles. The number of hydrogen-bond acceptors (Lipinski definition) is 2. The van der Waals surface area contributed by atoms with Crippen LogP contribution < -0.4 is 4.72 Å². The highest BCUT2D eigenvalue weighted by Crippen LogP contribution is 2.27. The van der Waals surface area contributed by atoms with Crippen LogP contribution in [0.3, 0.4) is 0 Å². The molecule has 4 aromatic rings. The molecule has 0 radical (unpaired) electrons. The van der Waals surface area contributed by atoms with Gasteiger partial charge in [-0.05, 0) is 42.0 Å². The van der Waals surface area contributed by atoms with E-state index in [1.165, 1.54) is 18.2 Å². The number of hydrogen-bond donors (Lipinski definition) is 2. The summed E-state index contributed by atoms with van der Waals surface area (Å²) in [7, 11) is -3.74. The summed E-state index contributed by atoms with van der Waals surface area (Å²) in [6, 6.07) is 18.1. The first-order valence-electron chi connectivity index (χ1n) is 7.88. The van der Waals surface area contributed by atoms with Gasteiger partial charge in [-0.15, -0.1) is 0 Å². The summed E-state index contributed by atoms with van der Waals surface area (Å²) in [6.07, 6.45) is 0. The molecule has 132 valence electrons. The van der Waals surface area contributed by atoms with Crippen LogP contribution in [0, 0.1) is 0 Å². The first-order valence-corrected chi connectivity index (χ1v) is 10.1. The minimum Gasteiger partial charge on any atom is -0.355 e. The van der Waals surface area contributed by atoms with E-state index < -0.39 is 10.0 Å². The molecule has 4 nitrogen and oxygen atoms in total. The fourth-order valence-corrected chi connectivity index (χ4v) is 4.74. The van der Waals surface area contributed by atoms with E-state index in [9.17, 15) is 8.42 Å². The highest BCUT2D eigenvalue weighted by Gasteiger charge is 2.18. The van der Waals surface area contributed by atoms with Gasteiger partial charge in [0, 0.05) is 33.4 Å². The first kappa shape index (κ1) is 17.4. The van der Waals surface area contributed by atoms with Crippen molar-refractivity contribution in [2.75, 3.05) is 0 Å². The number of aromatic amines is 1. The molecule has 4 rings (SSSR count). The maximum absolute atomic E-state index is 12.5. The van der Waals surface area contributed by atoms with Crippen molar-refractivity contribution in [3.05, 3.63) is 76.3 Å². The molecule has 7 heteroatoms. The second-order valence-corrected chi connectivity index (χ2v) is 8.53. The first-order chi connectivity index (χ1) is 12.4. The van der Waals surface area contributed by atoms with Gasteiger partial charge in [0.05, 0.1) is 5.02 Å². The Labute approximate surface area is 160 Å². The molecular weight excluding hydrogens is 391 g/mol. The minimum atomic E-state index is -3.74. The molecule has 0 aliphatic carbocycles. The van der Waals surface area contributed by atoms with Gasteiger partial charge in [0.15, 0.2) is 0 Å². The molecular formula is C19H14Cl2N2O2S. The third-order valence-electron chi connectivity index (χ3n) is 4.22. The van der Waals surface area contributed by atoms with E-state index in [-0.39, 0.29) is 16.5 Å². The number of rotatable bonds is 4. The molecule has 0 atom stereocenters. The van der Waals surface area contributed by atoms with E-state index in [1.807, 2.05) is 42.5 Å². The van der Waals surface area contributed by atoms with Crippen LogP contribution >= 0.6 is 23.2 Å². The highest BCUT2D eigenvalue weighted by atomic mass is 35.5. The second-order valence-electron chi connectivity index (χ2n) is 5.95. The average Bonchev–Trinajstić information content (AvgIpc) is 2.98. The van der Waals surface area contributed by atoms with Gasteiger partial charge in [-0.25, -0.2) is 13.1 Å². The van der Waals surface area contributed by atoms with Crippen LogP contribution in [-0.2, 0) is 16.6 Å². The lowest BCUT2D eigenvalue weighted by atomic mass is 10.1. The molecule has 0 spiro atoms. The molecule has 26 heavy (non-hydrogen) atoms. The molecule has 0 aliphatic heterocycles. The monoisotopic (exact) mass is 404 g/mol. The van der Waals surface area contributed by atoms with Crippen molar-refractivity contribution >= 4 is 55.0 Å². The Kier molecular flexibility index (Phi) is 4.40.